The van der Waals surface area contributed by atoms with Crippen molar-refractivity contribution >= 4 is 18.0 Å². The SMILES string of the molecule is Cc1ccc(Cn2nc(C)c(/C=C/C(=O)OCC(=O)N(C(C)C)C(C)C)c2C)cc1. The van der Waals surface area contributed by atoms with Crippen molar-refractivity contribution in [1.29, 1.82) is 0 Å². The van der Waals surface area contributed by atoms with Gasteiger partial charge in [-0.05, 0) is 60.1 Å². The van der Waals surface area contributed by atoms with Crippen molar-refractivity contribution in [2.24, 2.45) is 0 Å². The first-order valence-corrected chi connectivity index (χ1v) is 10.4. The monoisotopic (exact) mass is 411 g/mol. The minimum Gasteiger partial charge on any atom is -0.452 e. The maximum atomic E-state index is 12.3. The molecule has 0 aliphatic carbocycles. The average Bonchev–Trinajstić information content (AvgIpc) is 2.92. The first-order chi connectivity index (χ1) is 14.1. The van der Waals surface area contributed by atoms with Crippen LogP contribution in [0.1, 0.15) is 55.8 Å². The van der Waals surface area contributed by atoms with Gasteiger partial charge in [-0.2, -0.15) is 5.10 Å². The van der Waals surface area contributed by atoms with Crippen molar-refractivity contribution in [2.75, 3.05) is 6.61 Å². The second-order valence-corrected chi connectivity index (χ2v) is 8.16. The lowest BCUT2D eigenvalue weighted by Gasteiger charge is -2.30. The molecule has 0 atom stereocenters. The van der Waals surface area contributed by atoms with Gasteiger partial charge in [-0.15, -0.1) is 0 Å². The molecule has 0 aliphatic rings. The predicted octanol–water partition coefficient (Wildman–Crippen LogP) is 4.06. The highest BCUT2D eigenvalue weighted by atomic mass is 16.5. The molecule has 1 aromatic heterocycles. The molecule has 0 fully saturated rings. The molecule has 2 rings (SSSR count). The Morgan fingerprint density at radius 3 is 2.23 bits per heavy atom. The number of benzene rings is 1. The molecule has 30 heavy (non-hydrogen) atoms. The summed E-state index contributed by atoms with van der Waals surface area (Å²) in [5.74, 6) is -0.735. The average molecular weight is 412 g/mol. The summed E-state index contributed by atoms with van der Waals surface area (Å²) >= 11 is 0. The first-order valence-electron chi connectivity index (χ1n) is 10.4. The van der Waals surface area contributed by atoms with E-state index in [-0.39, 0.29) is 24.6 Å². The molecule has 2 aromatic rings. The van der Waals surface area contributed by atoms with Gasteiger partial charge in [-0.25, -0.2) is 4.79 Å². The summed E-state index contributed by atoms with van der Waals surface area (Å²) in [5, 5.41) is 4.59. The maximum absolute atomic E-state index is 12.3. The van der Waals surface area contributed by atoms with Gasteiger partial charge in [0.25, 0.3) is 5.91 Å². The summed E-state index contributed by atoms with van der Waals surface area (Å²) < 4.78 is 7.08. The van der Waals surface area contributed by atoms with Gasteiger partial charge < -0.3 is 9.64 Å². The van der Waals surface area contributed by atoms with Crippen LogP contribution in [0.4, 0.5) is 0 Å². The van der Waals surface area contributed by atoms with Crippen LogP contribution in [0, 0.1) is 20.8 Å². The molecule has 0 saturated heterocycles. The van der Waals surface area contributed by atoms with Crippen molar-refractivity contribution in [1.82, 2.24) is 14.7 Å². The van der Waals surface area contributed by atoms with Gasteiger partial charge in [0, 0.05) is 29.4 Å². The predicted molar refractivity (Wildman–Crippen MR) is 119 cm³/mol. The largest absolute Gasteiger partial charge is 0.452 e. The lowest BCUT2D eigenvalue weighted by Crippen LogP contribution is -2.44. The third-order valence-corrected chi connectivity index (χ3v) is 5.02. The highest BCUT2D eigenvalue weighted by Crippen LogP contribution is 2.17. The van der Waals surface area contributed by atoms with Crippen LogP contribution < -0.4 is 0 Å². The smallest absolute Gasteiger partial charge is 0.331 e. The first kappa shape index (κ1) is 23.4. The molecule has 6 heteroatoms. The number of esters is 1. The zero-order valence-electron chi connectivity index (χ0n) is 19.1. The van der Waals surface area contributed by atoms with E-state index in [1.807, 2.05) is 46.2 Å². The topological polar surface area (TPSA) is 64.4 Å². The van der Waals surface area contributed by atoms with Crippen LogP contribution in [-0.4, -0.2) is 45.2 Å². The van der Waals surface area contributed by atoms with E-state index < -0.39 is 5.97 Å². The number of aromatic nitrogens is 2. The third kappa shape index (κ3) is 6.05. The molecular weight excluding hydrogens is 378 g/mol. The van der Waals surface area contributed by atoms with E-state index in [2.05, 4.69) is 36.3 Å². The number of hydrogen-bond acceptors (Lipinski definition) is 4. The zero-order chi connectivity index (χ0) is 22.4. The molecule has 6 nitrogen and oxygen atoms in total. The fraction of sp³-hybridized carbons (Fsp3) is 0.458. The van der Waals surface area contributed by atoms with Gasteiger partial charge >= 0.3 is 5.97 Å². The minimum atomic E-state index is -0.541. The Labute approximate surface area is 179 Å². The molecule has 0 unspecified atom stereocenters. The van der Waals surface area contributed by atoms with E-state index in [4.69, 9.17) is 4.74 Å². The second kappa shape index (κ2) is 10.2. The molecule has 1 amide bonds. The molecule has 0 N–H and O–H groups in total. The zero-order valence-corrected chi connectivity index (χ0v) is 19.1. The molecule has 0 saturated carbocycles. The van der Waals surface area contributed by atoms with Gasteiger partial charge in [0.2, 0.25) is 0 Å². The van der Waals surface area contributed by atoms with Crippen molar-refractivity contribution in [3.05, 3.63) is 58.4 Å². The third-order valence-electron chi connectivity index (χ3n) is 5.02. The standard InChI is InChI=1S/C24H33N3O3/c1-16(2)27(17(3)4)23(28)15-30-24(29)13-12-22-19(6)25-26(20(22)7)14-21-10-8-18(5)9-11-21/h8-13,16-17H,14-15H2,1-7H3/b13-12+. The molecule has 0 spiro atoms. The Balaban J connectivity index is 2.01. The lowest BCUT2D eigenvalue weighted by atomic mass is 10.1. The molecule has 162 valence electrons. The number of carbonyl (C=O) groups excluding carboxylic acids is 2. The fourth-order valence-electron chi connectivity index (χ4n) is 3.55. The van der Waals surface area contributed by atoms with Crippen molar-refractivity contribution < 1.29 is 14.3 Å². The van der Waals surface area contributed by atoms with Gasteiger partial charge in [-0.3, -0.25) is 9.48 Å². The van der Waals surface area contributed by atoms with E-state index in [1.165, 1.54) is 17.2 Å². The summed E-state index contributed by atoms with van der Waals surface area (Å²) in [6.07, 6.45) is 3.06. The number of carbonyl (C=O) groups is 2. The Morgan fingerprint density at radius 2 is 1.67 bits per heavy atom. The minimum absolute atomic E-state index is 0.0522. The molecule has 0 radical (unpaired) electrons. The van der Waals surface area contributed by atoms with Crippen LogP contribution in [0.2, 0.25) is 0 Å². The van der Waals surface area contributed by atoms with Crippen LogP contribution in [0.15, 0.2) is 30.3 Å². The summed E-state index contributed by atoms with van der Waals surface area (Å²) in [5.41, 5.74) is 5.08. The van der Waals surface area contributed by atoms with Crippen LogP contribution in [0.3, 0.4) is 0 Å². The number of hydrogen-bond donors (Lipinski definition) is 0. The number of amides is 1. The van der Waals surface area contributed by atoms with Crippen molar-refractivity contribution in [2.45, 2.75) is 67.1 Å². The quantitative estimate of drug-likeness (QED) is 0.485. The Kier molecular flexibility index (Phi) is 7.98. The highest BCUT2D eigenvalue weighted by Gasteiger charge is 2.21. The Hall–Kier alpha value is -2.89. The summed E-state index contributed by atoms with van der Waals surface area (Å²) in [7, 11) is 0. The molecular formula is C24H33N3O3. The van der Waals surface area contributed by atoms with Gasteiger partial charge in [0.1, 0.15) is 0 Å². The number of aryl methyl sites for hydroxylation is 2. The van der Waals surface area contributed by atoms with Crippen LogP contribution in [0.25, 0.3) is 6.08 Å². The van der Waals surface area contributed by atoms with Crippen LogP contribution >= 0.6 is 0 Å². The number of ether oxygens (including phenoxy) is 1. The number of rotatable bonds is 8. The maximum Gasteiger partial charge on any atom is 0.331 e. The Bertz CT molecular complexity index is 901. The van der Waals surface area contributed by atoms with E-state index in [0.717, 1.165) is 17.0 Å². The highest BCUT2D eigenvalue weighted by molar-refractivity contribution is 5.89. The van der Waals surface area contributed by atoms with E-state index in [1.54, 1.807) is 11.0 Å². The normalized spacial score (nSPS) is 11.5. The molecule has 0 bridgehead atoms. The van der Waals surface area contributed by atoms with Gasteiger partial charge in [-0.1, -0.05) is 29.8 Å². The fourth-order valence-corrected chi connectivity index (χ4v) is 3.55. The molecule has 1 heterocycles. The molecule has 0 aliphatic heterocycles. The summed E-state index contributed by atoms with van der Waals surface area (Å²) in [6.45, 7) is 14.1. The van der Waals surface area contributed by atoms with E-state index >= 15 is 0 Å². The van der Waals surface area contributed by atoms with Crippen molar-refractivity contribution in [3.8, 4) is 0 Å². The van der Waals surface area contributed by atoms with Gasteiger partial charge in [0.15, 0.2) is 6.61 Å². The summed E-state index contributed by atoms with van der Waals surface area (Å²) in [6, 6.07) is 8.45. The van der Waals surface area contributed by atoms with E-state index in [0.29, 0.717) is 6.54 Å². The summed E-state index contributed by atoms with van der Waals surface area (Å²) in [4.78, 5) is 26.2. The van der Waals surface area contributed by atoms with Crippen molar-refractivity contribution in [3.63, 3.8) is 0 Å². The lowest BCUT2D eigenvalue weighted by molar-refractivity contribution is -0.150. The number of nitrogens with zero attached hydrogens (tertiary/aromatic N) is 3. The van der Waals surface area contributed by atoms with Gasteiger partial charge in [0.05, 0.1) is 12.2 Å². The van der Waals surface area contributed by atoms with Crippen LogP contribution in [0.5, 0.6) is 0 Å². The van der Waals surface area contributed by atoms with Crippen LogP contribution in [-0.2, 0) is 20.9 Å². The molecule has 1 aromatic carbocycles. The Morgan fingerprint density at radius 1 is 1.07 bits per heavy atom. The van der Waals surface area contributed by atoms with E-state index in [9.17, 15) is 9.59 Å². The second-order valence-electron chi connectivity index (χ2n) is 8.16.